The van der Waals surface area contributed by atoms with Gasteiger partial charge in [0, 0.05) is 40.7 Å². The molecule has 0 fully saturated rings. The van der Waals surface area contributed by atoms with Crippen LogP contribution in [0.15, 0.2) is 0 Å². The Kier molecular flexibility index (Phi) is 3.16. The van der Waals surface area contributed by atoms with Crippen LogP contribution in [0.2, 0.25) is 0 Å². The van der Waals surface area contributed by atoms with Crippen LogP contribution in [0.5, 0.6) is 0 Å². The first-order valence-corrected chi connectivity index (χ1v) is 3.08. The molecule has 0 heterocycles. The zero-order valence-electron chi connectivity index (χ0n) is 8.12. The molecule has 0 amide bonds. The summed E-state index contributed by atoms with van der Waals surface area (Å²) in [7, 11) is -5.08. The fourth-order valence-electron chi connectivity index (χ4n) is 0.0577. The van der Waals surface area contributed by atoms with Crippen LogP contribution in [-0.4, -0.2) is 53.9 Å². The Morgan fingerprint density at radius 1 is 1.75 bits per heavy atom. The molecule has 3 nitrogen and oxygen atoms in total. The van der Waals surface area contributed by atoms with Gasteiger partial charge in [-0.1, -0.05) is 0 Å². The van der Waals surface area contributed by atoms with Crippen molar-refractivity contribution in [1.82, 2.24) is 0 Å². The van der Waals surface area contributed by atoms with Crippen molar-refractivity contribution in [1.29, 1.82) is 0 Å². The van der Waals surface area contributed by atoms with Crippen LogP contribution in [-0.2, 0) is 10.1 Å². The molecular formula is C2H6NaO3S2. The molecule has 0 unspecified atom stereocenters. The first-order chi connectivity index (χ1) is 4.50. The fourth-order valence-corrected chi connectivity index (χ4v) is 0.519. The van der Waals surface area contributed by atoms with Gasteiger partial charge in [0.15, 0.2) is 0 Å². The van der Waals surface area contributed by atoms with Crippen molar-refractivity contribution in [2.75, 3.05) is 11.4 Å². The Morgan fingerprint density at radius 3 is 2.12 bits per heavy atom. The van der Waals surface area contributed by atoms with Gasteiger partial charge in [0.1, 0.15) is 0 Å². The van der Waals surface area contributed by atoms with E-state index in [2.05, 4.69) is 12.6 Å². The van der Waals surface area contributed by atoms with E-state index in [0.717, 1.165) is 0 Å². The summed E-state index contributed by atoms with van der Waals surface area (Å²) in [5.74, 6) is 0. The van der Waals surface area contributed by atoms with E-state index in [1.807, 2.05) is 0 Å². The molecule has 0 aromatic rings. The largest absolute Gasteiger partial charge is 0.286 e. The molecule has 0 spiro atoms. The molecule has 0 aromatic carbocycles. The zero-order valence-corrected chi connectivity index (χ0v) is 7.83. The van der Waals surface area contributed by atoms with Gasteiger partial charge in [-0.15, -0.1) is 0 Å². The van der Waals surface area contributed by atoms with Crippen LogP contribution >= 0.6 is 12.6 Å². The Hall–Kier alpha value is 1.26. The molecule has 0 saturated carbocycles. The van der Waals surface area contributed by atoms with Crippen molar-refractivity contribution >= 4 is 52.3 Å². The molecule has 1 radical (unpaired) electrons. The van der Waals surface area contributed by atoms with Crippen molar-refractivity contribution in [2.45, 2.75) is 0 Å². The van der Waals surface area contributed by atoms with Crippen molar-refractivity contribution in [3.8, 4) is 0 Å². The number of rotatable bonds is 2. The van der Waals surface area contributed by atoms with E-state index in [4.69, 9.17) is 10.0 Å². The molecule has 0 saturated heterocycles. The van der Waals surface area contributed by atoms with Crippen LogP contribution in [0.25, 0.3) is 0 Å². The normalized spacial score (nSPS) is 21.2. The van der Waals surface area contributed by atoms with Gasteiger partial charge in [0.2, 0.25) is 0 Å². The summed E-state index contributed by atoms with van der Waals surface area (Å²) in [6.45, 7) is 0. The molecule has 45 valence electrons. The minimum Gasteiger partial charge on any atom is -0.286 e. The number of hydrogen-bond donors (Lipinski definition) is 2. The predicted molar refractivity (Wildman–Crippen MR) is 36.0 cm³/mol. The van der Waals surface area contributed by atoms with Crippen molar-refractivity contribution in [3.05, 3.63) is 0 Å². The summed E-state index contributed by atoms with van der Waals surface area (Å²) in [4.78, 5) is 0. The van der Waals surface area contributed by atoms with Crippen molar-refractivity contribution < 1.29 is 18.5 Å². The quantitative estimate of drug-likeness (QED) is 0.330. The summed E-state index contributed by atoms with van der Waals surface area (Å²) in [5.41, 5.74) is -6.33. The summed E-state index contributed by atoms with van der Waals surface area (Å²) in [6, 6.07) is 0. The maximum Gasteiger partial charge on any atom is 0.265 e. The van der Waals surface area contributed by atoms with Gasteiger partial charge in [-0.3, -0.25) is 4.55 Å². The van der Waals surface area contributed by atoms with Crippen LogP contribution in [0.1, 0.15) is 5.48 Å². The first-order valence-electron chi connectivity index (χ1n) is 3.19. The molecule has 0 aliphatic rings. The number of thiol groups is 1. The van der Waals surface area contributed by atoms with Crippen molar-refractivity contribution in [3.63, 3.8) is 0 Å². The van der Waals surface area contributed by atoms with E-state index in [0.29, 0.717) is 0 Å². The molecule has 0 bridgehead atoms. The topological polar surface area (TPSA) is 54.4 Å². The van der Waals surface area contributed by atoms with E-state index in [1.54, 1.807) is 0 Å². The third kappa shape index (κ3) is 10.3. The monoisotopic (exact) mass is 169 g/mol. The summed E-state index contributed by atoms with van der Waals surface area (Å²) in [6.07, 6.45) is 0. The van der Waals surface area contributed by atoms with Gasteiger partial charge in [-0.25, -0.2) is 0 Å². The summed E-state index contributed by atoms with van der Waals surface area (Å²) >= 11 is 3.05. The molecule has 0 rings (SSSR count). The zero-order chi connectivity index (χ0) is 9.50. The fraction of sp³-hybridized carbons (Fsp3) is 1.00. The smallest absolute Gasteiger partial charge is 0.265 e. The SMILES string of the molecule is [2H]C([2H])(S)C([2H])([2H])S(=O)(=O)O.[Na]. The molecule has 0 aliphatic heterocycles. The van der Waals surface area contributed by atoms with Gasteiger partial charge in [-0.2, -0.15) is 21.0 Å². The van der Waals surface area contributed by atoms with Gasteiger partial charge >= 0.3 is 0 Å². The Labute approximate surface area is 81.9 Å². The molecule has 0 aliphatic carbocycles. The Bertz CT molecular complexity index is 244. The summed E-state index contributed by atoms with van der Waals surface area (Å²) in [5, 5.41) is 0. The summed E-state index contributed by atoms with van der Waals surface area (Å²) < 4.78 is 55.0. The third-order valence-corrected chi connectivity index (χ3v) is 0.798. The number of hydrogen-bond acceptors (Lipinski definition) is 3. The van der Waals surface area contributed by atoms with Gasteiger partial charge in [-0.05, 0) is 0 Å². The Morgan fingerprint density at radius 2 is 2.12 bits per heavy atom. The minimum atomic E-state index is -5.08. The second-order valence-electron chi connectivity index (χ2n) is 0.689. The van der Waals surface area contributed by atoms with Gasteiger partial charge in [0.05, 0.1) is 5.70 Å². The third-order valence-electron chi connectivity index (χ3n) is 0.175. The van der Waals surface area contributed by atoms with Gasteiger partial charge < -0.3 is 0 Å². The molecular weight excluding hydrogens is 159 g/mol. The average Bonchev–Trinajstić information content (AvgIpc) is 1.58. The molecule has 0 atom stereocenters. The predicted octanol–water partition coefficient (Wildman–Crippen LogP) is -0.577. The maximum absolute atomic E-state index is 10.2. The van der Waals surface area contributed by atoms with E-state index in [9.17, 15) is 8.42 Å². The van der Waals surface area contributed by atoms with E-state index in [1.165, 1.54) is 0 Å². The molecule has 0 aromatic heterocycles. The standard InChI is InChI=1S/C2H6O3S2.Na/c3-7(4,5)2-1-6;/h6H,1-2H2,(H,3,4,5);/i1D2,2D2;. The van der Waals surface area contributed by atoms with Crippen LogP contribution < -0.4 is 0 Å². The van der Waals surface area contributed by atoms with E-state index >= 15 is 0 Å². The van der Waals surface area contributed by atoms with E-state index in [-0.39, 0.29) is 29.6 Å². The first kappa shape index (κ1) is 4.98. The van der Waals surface area contributed by atoms with Crippen LogP contribution in [0.3, 0.4) is 0 Å². The second-order valence-corrected chi connectivity index (χ2v) is 2.07. The molecule has 8 heavy (non-hydrogen) atoms. The van der Waals surface area contributed by atoms with Crippen LogP contribution in [0.4, 0.5) is 0 Å². The minimum absolute atomic E-state index is 0. The maximum atomic E-state index is 10.2. The van der Waals surface area contributed by atoms with Crippen LogP contribution in [0, 0.1) is 0 Å². The Balaban J connectivity index is 0. The average molecular weight is 169 g/mol. The van der Waals surface area contributed by atoms with Crippen molar-refractivity contribution in [2.24, 2.45) is 0 Å². The molecule has 1 N–H and O–H groups in total. The van der Waals surface area contributed by atoms with E-state index < -0.39 is 21.5 Å². The van der Waals surface area contributed by atoms with Gasteiger partial charge in [0.25, 0.3) is 10.1 Å². The molecule has 6 heteroatoms. The second kappa shape index (κ2) is 5.08.